The summed E-state index contributed by atoms with van der Waals surface area (Å²) >= 11 is 0. The average molecular weight is 234 g/mol. The highest BCUT2D eigenvalue weighted by atomic mass is 16.1. The normalized spacial score (nSPS) is 10.3. The average Bonchev–Trinajstić information content (AvgIpc) is 2.28. The van der Waals surface area contributed by atoms with Gasteiger partial charge >= 0.3 is 0 Å². The molecule has 3 heteroatoms. The van der Waals surface area contributed by atoms with E-state index in [1.54, 1.807) is 0 Å². The third-order valence-corrected chi connectivity index (χ3v) is 2.65. The number of nitrogens with one attached hydrogen (secondary N) is 2. The maximum atomic E-state index is 11.6. The summed E-state index contributed by atoms with van der Waals surface area (Å²) in [6.45, 7) is 7.47. The Morgan fingerprint density at radius 3 is 2.71 bits per heavy atom. The summed E-state index contributed by atoms with van der Waals surface area (Å²) in [6.07, 6.45) is 2.25. The minimum Gasteiger partial charge on any atom is -0.325 e. The SMILES string of the molecule is CCCCNCC(=O)Nc1ccc(C)cc1C. The van der Waals surface area contributed by atoms with Crippen molar-refractivity contribution in [2.75, 3.05) is 18.4 Å². The van der Waals surface area contributed by atoms with Crippen molar-refractivity contribution >= 4 is 11.6 Å². The van der Waals surface area contributed by atoms with Gasteiger partial charge in [0.15, 0.2) is 0 Å². The van der Waals surface area contributed by atoms with Crippen LogP contribution in [0.15, 0.2) is 18.2 Å². The van der Waals surface area contributed by atoms with Crippen molar-refractivity contribution < 1.29 is 4.79 Å². The van der Waals surface area contributed by atoms with Crippen molar-refractivity contribution in [1.29, 1.82) is 0 Å². The number of hydrogen-bond donors (Lipinski definition) is 2. The molecule has 2 N–H and O–H groups in total. The van der Waals surface area contributed by atoms with Crippen molar-refractivity contribution in [3.05, 3.63) is 29.3 Å². The standard InChI is InChI=1S/C14H22N2O/c1-4-5-8-15-10-14(17)16-13-7-6-11(2)9-12(13)3/h6-7,9,15H,4-5,8,10H2,1-3H3,(H,16,17). The number of anilines is 1. The van der Waals surface area contributed by atoms with Crippen LogP contribution in [0.25, 0.3) is 0 Å². The lowest BCUT2D eigenvalue weighted by molar-refractivity contribution is -0.115. The number of carbonyl (C=O) groups is 1. The third-order valence-electron chi connectivity index (χ3n) is 2.65. The summed E-state index contributed by atoms with van der Waals surface area (Å²) in [4.78, 5) is 11.6. The quantitative estimate of drug-likeness (QED) is 0.743. The van der Waals surface area contributed by atoms with E-state index in [2.05, 4.69) is 23.6 Å². The lowest BCUT2D eigenvalue weighted by Crippen LogP contribution is -2.28. The van der Waals surface area contributed by atoms with E-state index < -0.39 is 0 Å². The van der Waals surface area contributed by atoms with Gasteiger partial charge in [-0.1, -0.05) is 31.0 Å². The zero-order valence-electron chi connectivity index (χ0n) is 11.0. The second kappa shape index (κ2) is 7.07. The van der Waals surface area contributed by atoms with Gasteiger partial charge in [0.1, 0.15) is 0 Å². The smallest absolute Gasteiger partial charge is 0.238 e. The monoisotopic (exact) mass is 234 g/mol. The van der Waals surface area contributed by atoms with Gasteiger partial charge in [-0.25, -0.2) is 0 Å². The maximum absolute atomic E-state index is 11.6. The highest BCUT2D eigenvalue weighted by Crippen LogP contribution is 2.15. The minimum atomic E-state index is 0.0213. The molecule has 0 bridgehead atoms. The van der Waals surface area contributed by atoms with Crippen LogP contribution in [0.4, 0.5) is 5.69 Å². The summed E-state index contributed by atoms with van der Waals surface area (Å²) in [5.41, 5.74) is 3.21. The highest BCUT2D eigenvalue weighted by molar-refractivity contribution is 5.92. The van der Waals surface area contributed by atoms with Gasteiger partial charge in [0.2, 0.25) is 5.91 Å². The first-order valence-corrected chi connectivity index (χ1v) is 6.21. The number of hydrogen-bond acceptors (Lipinski definition) is 2. The molecule has 94 valence electrons. The summed E-state index contributed by atoms with van der Waals surface area (Å²) in [6, 6.07) is 6.03. The fraction of sp³-hybridized carbons (Fsp3) is 0.500. The van der Waals surface area contributed by atoms with Crippen LogP contribution in [0.2, 0.25) is 0 Å². The van der Waals surface area contributed by atoms with E-state index in [0.29, 0.717) is 6.54 Å². The van der Waals surface area contributed by atoms with Crippen molar-refractivity contribution in [3.8, 4) is 0 Å². The molecule has 0 aliphatic heterocycles. The van der Waals surface area contributed by atoms with E-state index in [9.17, 15) is 4.79 Å². The molecule has 0 unspecified atom stereocenters. The van der Waals surface area contributed by atoms with Crippen LogP contribution in [-0.4, -0.2) is 19.0 Å². The molecule has 0 heterocycles. The Morgan fingerprint density at radius 2 is 2.06 bits per heavy atom. The molecule has 0 atom stereocenters. The maximum Gasteiger partial charge on any atom is 0.238 e. The Balaban J connectivity index is 2.40. The second-order valence-electron chi connectivity index (χ2n) is 4.40. The largest absolute Gasteiger partial charge is 0.325 e. The van der Waals surface area contributed by atoms with Gasteiger partial charge in [0.25, 0.3) is 0 Å². The molecular formula is C14H22N2O. The van der Waals surface area contributed by atoms with Crippen LogP contribution >= 0.6 is 0 Å². The van der Waals surface area contributed by atoms with Crippen LogP contribution in [-0.2, 0) is 4.79 Å². The highest BCUT2D eigenvalue weighted by Gasteiger charge is 2.03. The molecule has 1 rings (SSSR count). The first-order chi connectivity index (χ1) is 8.13. The number of carbonyl (C=O) groups excluding carboxylic acids is 1. The summed E-state index contributed by atoms with van der Waals surface area (Å²) in [7, 11) is 0. The van der Waals surface area contributed by atoms with Crippen molar-refractivity contribution in [1.82, 2.24) is 5.32 Å². The van der Waals surface area contributed by atoms with Crippen molar-refractivity contribution in [2.45, 2.75) is 33.6 Å². The van der Waals surface area contributed by atoms with Gasteiger partial charge in [0.05, 0.1) is 6.54 Å². The van der Waals surface area contributed by atoms with Crippen LogP contribution in [0.3, 0.4) is 0 Å². The Labute approximate surface area is 104 Å². The van der Waals surface area contributed by atoms with E-state index in [1.807, 2.05) is 26.0 Å². The topological polar surface area (TPSA) is 41.1 Å². The van der Waals surface area contributed by atoms with Crippen molar-refractivity contribution in [3.63, 3.8) is 0 Å². The van der Waals surface area contributed by atoms with E-state index in [1.165, 1.54) is 5.56 Å². The van der Waals surface area contributed by atoms with E-state index >= 15 is 0 Å². The molecule has 3 nitrogen and oxygen atoms in total. The number of amides is 1. The van der Waals surface area contributed by atoms with Crippen LogP contribution in [0.5, 0.6) is 0 Å². The Kier molecular flexibility index (Phi) is 5.70. The van der Waals surface area contributed by atoms with E-state index in [0.717, 1.165) is 30.6 Å². The number of rotatable bonds is 6. The lowest BCUT2D eigenvalue weighted by atomic mass is 10.1. The summed E-state index contributed by atoms with van der Waals surface area (Å²) in [5.74, 6) is 0.0213. The van der Waals surface area contributed by atoms with Crippen LogP contribution in [0.1, 0.15) is 30.9 Å². The molecule has 0 aliphatic rings. The van der Waals surface area contributed by atoms with Crippen LogP contribution in [0, 0.1) is 13.8 Å². The number of unbranched alkanes of at least 4 members (excludes halogenated alkanes) is 1. The summed E-state index contributed by atoms with van der Waals surface area (Å²) < 4.78 is 0. The molecule has 0 spiro atoms. The van der Waals surface area contributed by atoms with Crippen LogP contribution < -0.4 is 10.6 Å². The Hall–Kier alpha value is -1.35. The first-order valence-electron chi connectivity index (χ1n) is 6.21. The molecular weight excluding hydrogens is 212 g/mol. The van der Waals surface area contributed by atoms with E-state index in [4.69, 9.17) is 0 Å². The molecule has 1 aromatic rings. The van der Waals surface area contributed by atoms with Gasteiger partial charge in [-0.3, -0.25) is 4.79 Å². The van der Waals surface area contributed by atoms with Gasteiger partial charge in [0, 0.05) is 5.69 Å². The fourth-order valence-electron chi connectivity index (χ4n) is 1.65. The summed E-state index contributed by atoms with van der Waals surface area (Å²) in [5, 5.41) is 6.04. The van der Waals surface area contributed by atoms with Gasteiger partial charge in [-0.15, -0.1) is 0 Å². The predicted octanol–water partition coefficient (Wildman–Crippen LogP) is 2.63. The van der Waals surface area contributed by atoms with Gasteiger partial charge in [-0.2, -0.15) is 0 Å². The molecule has 0 aromatic heterocycles. The molecule has 0 saturated carbocycles. The fourth-order valence-corrected chi connectivity index (χ4v) is 1.65. The predicted molar refractivity (Wildman–Crippen MR) is 72.3 cm³/mol. The van der Waals surface area contributed by atoms with Gasteiger partial charge in [-0.05, 0) is 38.4 Å². The molecule has 0 aliphatic carbocycles. The Bertz CT molecular complexity index is 374. The minimum absolute atomic E-state index is 0.0213. The molecule has 0 fully saturated rings. The number of benzene rings is 1. The zero-order chi connectivity index (χ0) is 12.7. The molecule has 17 heavy (non-hydrogen) atoms. The molecule has 0 saturated heterocycles. The molecule has 1 amide bonds. The molecule has 0 radical (unpaired) electrons. The van der Waals surface area contributed by atoms with E-state index in [-0.39, 0.29) is 5.91 Å². The lowest BCUT2D eigenvalue weighted by Gasteiger charge is -2.09. The Morgan fingerprint density at radius 1 is 1.29 bits per heavy atom. The third kappa shape index (κ3) is 5.00. The second-order valence-corrected chi connectivity index (χ2v) is 4.40. The zero-order valence-corrected chi connectivity index (χ0v) is 11.0. The van der Waals surface area contributed by atoms with Gasteiger partial charge < -0.3 is 10.6 Å². The number of aryl methyl sites for hydroxylation is 2. The first kappa shape index (κ1) is 13.7. The molecule has 1 aromatic carbocycles. The van der Waals surface area contributed by atoms with Crippen molar-refractivity contribution in [2.24, 2.45) is 0 Å².